The number of halogens is 2. The van der Waals surface area contributed by atoms with E-state index < -0.39 is 5.91 Å². The summed E-state index contributed by atoms with van der Waals surface area (Å²) in [5.41, 5.74) is 1.92. The molecule has 0 fully saturated rings. The summed E-state index contributed by atoms with van der Waals surface area (Å²) in [4.78, 5) is 32.6. The van der Waals surface area contributed by atoms with Crippen molar-refractivity contribution in [1.29, 1.82) is 0 Å². The van der Waals surface area contributed by atoms with Crippen LogP contribution in [0.3, 0.4) is 0 Å². The Hall–Kier alpha value is -2.48. The summed E-state index contributed by atoms with van der Waals surface area (Å²) in [7, 11) is 0. The van der Waals surface area contributed by atoms with Gasteiger partial charge in [-0.1, -0.05) is 23.2 Å². The Morgan fingerprint density at radius 1 is 1.15 bits per heavy atom. The van der Waals surface area contributed by atoms with Crippen LogP contribution in [0.1, 0.15) is 16.1 Å². The molecule has 3 aromatic rings. The third-order valence-electron chi connectivity index (χ3n) is 3.51. The smallest absolute Gasteiger partial charge is 0.253 e. The molecule has 0 bridgehead atoms. The fourth-order valence-electron chi connectivity index (χ4n) is 2.19. The Morgan fingerprint density at radius 3 is 2.74 bits per heavy atom. The number of nitrogens with zero attached hydrogens (tertiary/aromatic N) is 2. The van der Waals surface area contributed by atoms with E-state index >= 15 is 0 Å². The van der Waals surface area contributed by atoms with Gasteiger partial charge in [0.25, 0.3) is 5.91 Å². The van der Waals surface area contributed by atoms with Crippen LogP contribution in [0.4, 0.5) is 0 Å². The van der Waals surface area contributed by atoms with Gasteiger partial charge in [-0.2, -0.15) is 0 Å². The van der Waals surface area contributed by atoms with Gasteiger partial charge in [0.1, 0.15) is 5.01 Å². The molecule has 6 nitrogen and oxygen atoms in total. The number of pyridine rings is 1. The third-order valence-corrected chi connectivity index (χ3v) is 5.00. The van der Waals surface area contributed by atoms with Crippen molar-refractivity contribution in [3.05, 3.63) is 69.4 Å². The first-order valence-corrected chi connectivity index (χ1v) is 9.51. The molecule has 0 unspecified atom stereocenters. The number of nitrogens with one attached hydrogen (secondary N) is 2. The van der Waals surface area contributed by atoms with Crippen molar-refractivity contribution in [2.75, 3.05) is 6.54 Å². The predicted molar refractivity (Wildman–Crippen MR) is 106 cm³/mol. The van der Waals surface area contributed by atoms with Crippen molar-refractivity contribution >= 4 is 46.4 Å². The summed E-state index contributed by atoms with van der Waals surface area (Å²) in [6.45, 7) is 0.102. The van der Waals surface area contributed by atoms with E-state index in [2.05, 4.69) is 20.6 Å². The van der Waals surface area contributed by atoms with Crippen LogP contribution in [0.2, 0.25) is 10.0 Å². The van der Waals surface area contributed by atoms with Gasteiger partial charge in [0, 0.05) is 28.4 Å². The molecule has 0 aliphatic rings. The number of hydrogen-bond donors (Lipinski definition) is 2. The monoisotopic (exact) mass is 420 g/mol. The fraction of sp³-hybridized carbons (Fsp3) is 0.111. The molecule has 0 radical (unpaired) electrons. The van der Waals surface area contributed by atoms with E-state index in [9.17, 15) is 9.59 Å². The molecule has 0 saturated heterocycles. The molecule has 2 heterocycles. The van der Waals surface area contributed by atoms with Crippen LogP contribution < -0.4 is 10.6 Å². The van der Waals surface area contributed by atoms with E-state index in [-0.39, 0.29) is 29.6 Å². The second-order valence-electron chi connectivity index (χ2n) is 5.47. The van der Waals surface area contributed by atoms with Crippen molar-refractivity contribution in [3.63, 3.8) is 0 Å². The number of aromatic nitrogens is 2. The van der Waals surface area contributed by atoms with Gasteiger partial charge in [-0.3, -0.25) is 14.6 Å². The number of carbonyl (C=O) groups is 2. The first-order valence-electron chi connectivity index (χ1n) is 7.87. The number of thiazole rings is 1. The minimum Gasteiger partial charge on any atom is -0.349 e. The topological polar surface area (TPSA) is 84.0 Å². The minimum absolute atomic E-state index is 0.169. The Kier molecular flexibility index (Phi) is 6.39. The molecule has 0 spiro atoms. The summed E-state index contributed by atoms with van der Waals surface area (Å²) in [6, 6.07) is 8.30. The Balaban J connectivity index is 1.49. The van der Waals surface area contributed by atoms with Gasteiger partial charge in [0.05, 0.1) is 29.4 Å². The molecule has 2 aromatic heterocycles. The predicted octanol–water partition coefficient (Wildman–Crippen LogP) is 3.56. The minimum atomic E-state index is -0.445. The lowest BCUT2D eigenvalue weighted by atomic mass is 10.2. The van der Waals surface area contributed by atoms with Crippen LogP contribution in [0.25, 0.3) is 10.6 Å². The van der Waals surface area contributed by atoms with Gasteiger partial charge < -0.3 is 10.6 Å². The molecular weight excluding hydrogens is 407 g/mol. The molecule has 0 saturated carbocycles. The first kappa shape index (κ1) is 19.3. The second-order valence-corrected chi connectivity index (χ2v) is 7.17. The van der Waals surface area contributed by atoms with Crippen LogP contribution in [-0.2, 0) is 11.3 Å². The summed E-state index contributed by atoms with van der Waals surface area (Å²) in [6.07, 6.45) is 3.43. The quantitative estimate of drug-likeness (QED) is 0.638. The third kappa shape index (κ3) is 5.26. The number of hydrogen-bond acceptors (Lipinski definition) is 5. The zero-order valence-corrected chi connectivity index (χ0v) is 16.2. The zero-order chi connectivity index (χ0) is 19.2. The first-order chi connectivity index (χ1) is 13.0. The molecule has 138 valence electrons. The van der Waals surface area contributed by atoms with Gasteiger partial charge in [-0.05, 0) is 30.3 Å². The molecule has 0 aliphatic carbocycles. The maximum Gasteiger partial charge on any atom is 0.253 e. The van der Waals surface area contributed by atoms with Crippen molar-refractivity contribution < 1.29 is 9.59 Å². The Bertz CT molecular complexity index is 963. The standard InChI is InChI=1S/C18H14Cl2N4O2S/c19-12-3-4-14(15(20)6-12)17(26)23-9-16(25)22-8-13-10-27-18(24-13)11-2-1-5-21-7-11/h1-7,10H,8-9H2,(H,22,25)(H,23,26). The van der Waals surface area contributed by atoms with E-state index in [0.29, 0.717) is 5.02 Å². The molecule has 2 amide bonds. The molecule has 2 N–H and O–H groups in total. The largest absolute Gasteiger partial charge is 0.349 e. The zero-order valence-electron chi connectivity index (χ0n) is 13.9. The van der Waals surface area contributed by atoms with Crippen molar-refractivity contribution in [2.24, 2.45) is 0 Å². The molecule has 27 heavy (non-hydrogen) atoms. The van der Waals surface area contributed by atoms with Gasteiger partial charge in [-0.15, -0.1) is 11.3 Å². The normalized spacial score (nSPS) is 10.4. The number of carbonyl (C=O) groups excluding carboxylic acids is 2. The highest BCUT2D eigenvalue weighted by Gasteiger charge is 2.12. The number of rotatable bonds is 6. The highest BCUT2D eigenvalue weighted by atomic mass is 35.5. The summed E-state index contributed by atoms with van der Waals surface area (Å²) in [5.74, 6) is -0.774. The maximum atomic E-state index is 12.1. The summed E-state index contributed by atoms with van der Waals surface area (Å²) in [5, 5.41) is 8.60. The van der Waals surface area contributed by atoms with Crippen molar-refractivity contribution in [1.82, 2.24) is 20.6 Å². The van der Waals surface area contributed by atoms with Gasteiger partial charge in [0.15, 0.2) is 0 Å². The van der Waals surface area contributed by atoms with Crippen LogP contribution in [0, 0.1) is 0 Å². The Labute approximate surface area is 169 Å². The van der Waals surface area contributed by atoms with Crippen LogP contribution in [0.15, 0.2) is 48.1 Å². The van der Waals surface area contributed by atoms with E-state index in [4.69, 9.17) is 23.2 Å². The van der Waals surface area contributed by atoms with E-state index in [1.807, 2.05) is 17.5 Å². The van der Waals surface area contributed by atoms with Crippen molar-refractivity contribution in [3.8, 4) is 10.6 Å². The second kappa shape index (κ2) is 8.94. The van der Waals surface area contributed by atoms with Crippen LogP contribution in [0.5, 0.6) is 0 Å². The molecule has 0 aliphatic heterocycles. The Morgan fingerprint density at radius 2 is 2.00 bits per heavy atom. The SMILES string of the molecule is O=C(CNC(=O)c1ccc(Cl)cc1Cl)NCc1csc(-c2cccnc2)n1. The van der Waals surface area contributed by atoms with Gasteiger partial charge in [-0.25, -0.2) is 4.98 Å². The summed E-state index contributed by atoms with van der Waals surface area (Å²) < 4.78 is 0. The van der Waals surface area contributed by atoms with Crippen LogP contribution >= 0.6 is 34.5 Å². The van der Waals surface area contributed by atoms with E-state index in [1.54, 1.807) is 18.5 Å². The number of benzene rings is 1. The van der Waals surface area contributed by atoms with Crippen molar-refractivity contribution in [2.45, 2.75) is 6.54 Å². The average Bonchev–Trinajstić information content (AvgIpc) is 3.14. The lowest BCUT2D eigenvalue weighted by Crippen LogP contribution is -2.36. The lowest BCUT2D eigenvalue weighted by Gasteiger charge is -2.07. The molecular formula is C18H14Cl2N4O2S. The van der Waals surface area contributed by atoms with E-state index in [1.165, 1.54) is 23.5 Å². The van der Waals surface area contributed by atoms with Crippen LogP contribution in [-0.4, -0.2) is 28.3 Å². The van der Waals surface area contributed by atoms with E-state index in [0.717, 1.165) is 16.3 Å². The average molecular weight is 421 g/mol. The fourth-order valence-corrected chi connectivity index (χ4v) is 3.50. The highest BCUT2D eigenvalue weighted by Crippen LogP contribution is 2.22. The molecule has 9 heteroatoms. The van der Waals surface area contributed by atoms with Gasteiger partial charge in [0.2, 0.25) is 5.91 Å². The highest BCUT2D eigenvalue weighted by molar-refractivity contribution is 7.13. The number of amides is 2. The molecule has 3 rings (SSSR count). The van der Waals surface area contributed by atoms with Gasteiger partial charge >= 0.3 is 0 Å². The lowest BCUT2D eigenvalue weighted by molar-refractivity contribution is -0.120. The molecule has 1 aromatic carbocycles. The molecule has 0 atom stereocenters. The maximum absolute atomic E-state index is 12.1. The summed E-state index contributed by atoms with van der Waals surface area (Å²) >= 11 is 13.3.